The van der Waals surface area contributed by atoms with E-state index in [9.17, 15) is 0 Å². The molecule has 0 aliphatic rings. The van der Waals surface area contributed by atoms with Gasteiger partial charge in [0.1, 0.15) is 0 Å². The maximum absolute atomic E-state index is 5.78. The lowest BCUT2D eigenvalue weighted by atomic mass is 10.1. The Balaban J connectivity index is 1.47. The quantitative estimate of drug-likeness (QED) is 0.436. The molecule has 0 saturated carbocycles. The van der Waals surface area contributed by atoms with Crippen LogP contribution in [0.3, 0.4) is 0 Å². The normalized spacial score (nSPS) is 11.0. The van der Waals surface area contributed by atoms with Gasteiger partial charge in [-0.2, -0.15) is 5.10 Å². The third-order valence-electron chi connectivity index (χ3n) is 3.73. The van der Waals surface area contributed by atoms with Crippen molar-refractivity contribution in [3.05, 3.63) is 60.3 Å². The highest BCUT2D eigenvalue weighted by Crippen LogP contribution is 2.19. The van der Waals surface area contributed by atoms with Gasteiger partial charge in [-0.3, -0.25) is 5.10 Å². The zero-order valence-electron chi connectivity index (χ0n) is 12.4. The fraction of sp³-hybridized carbons (Fsp3) is 0.0588. The van der Waals surface area contributed by atoms with Crippen molar-refractivity contribution in [3.8, 4) is 11.3 Å². The van der Waals surface area contributed by atoms with Crippen LogP contribution in [0.15, 0.2) is 54.7 Å². The molecule has 2 aromatic carbocycles. The first-order valence-corrected chi connectivity index (χ1v) is 7.36. The molecule has 0 aliphatic carbocycles. The van der Waals surface area contributed by atoms with Crippen LogP contribution < -0.4 is 11.1 Å². The molecule has 5 N–H and O–H groups in total. The number of nitrogens with two attached hydrogens (primary N) is 1. The number of nitrogen functional groups attached to an aromatic ring is 1. The van der Waals surface area contributed by atoms with Crippen LogP contribution in [0.2, 0.25) is 0 Å². The number of aromatic amines is 2. The van der Waals surface area contributed by atoms with Gasteiger partial charge >= 0.3 is 0 Å². The molecule has 6 heteroatoms. The van der Waals surface area contributed by atoms with Crippen molar-refractivity contribution >= 4 is 22.7 Å². The molecular weight excluding hydrogens is 288 g/mol. The molecular formula is C17H16N6. The lowest BCUT2D eigenvalue weighted by Gasteiger charge is -2.04. The van der Waals surface area contributed by atoms with Gasteiger partial charge in [0.2, 0.25) is 5.95 Å². The molecule has 0 saturated heterocycles. The summed E-state index contributed by atoms with van der Waals surface area (Å²) in [7, 11) is 0. The van der Waals surface area contributed by atoms with Gasteiger partial charge in [-0.05, 0) is 35.4 Å². The standard InChI is InChI=1S/C17H16N6/c18-13-5-6-15-16(9-13)22-17(21-15)19-10-11-1-3-12(4-2-11)14-7-8-20-23-14/h1-9H,10,18H2,(H,20,23)(H2,19,21,22). The Bertz CT molecular complexity index is 922. The molecule has 0 spiro atoms. The van der Waals surface area contributed by atoms with Gasteiger partial charge in [-0.15, -0.1) is 0 Å². The maximum atomic E-state index is 5.78. The molecule has 0 atom stereocenters. The molecule has 4 aromatic rings. The van der Waals surface area contributed by atoms with Crippen LogP contribution in [0.5, 0.6) is 0 Å². The Morgan fingerprint density at radius 2 is 1.91 bits per heavy atom. The first-order chi connectivity index (χ1) is 11.3. The largest absolute Gasteiger partial charge is 0.399 e. The van der Waals surface area contributed by atoms with Crippen molar-refractivity contribution in [2.24, 2.45) is 0 Å². The van der Waals surface area contributed by atoms with Crippen LogP contribution in [-0.2, 0) is 6.54 Å². The summed E-state index contributed by atoms with van der Waals surface area (Å²) in [6.07, 6.45) is 1.75. The molecule has 0 amide bonds. The minimum Gasteiger partial charge on any atom is -0.399 e. The van der Waals surface area contributed by atoms with E-state index < -0.39 is 0 Å². The molecule has 0 aliphatic heterocycles. The van der Waals surface area contributed by atoms with Gasteiger partial charge in [0.15, 0.2) is 0 Å². The summed E-state index contributed by atoms with van der Waals surface area (Å²) in [5.41, 5.74) is 11.6. The topological polar surface area (TPSA) is 95.4 Å². The minimum absolute atomic E-state index is 0.693. The highest BCUT2D eigenvalue weighted by molar-refractivity contribution is 5.80. The molecule has 23 heavy (non-hydrogen) atoms. The summed E-state index contributed by atoms with van der Waals surface area (Å²) in [4.78, 5) is 7.72. The van der Waals surface area contributed by atoms with E-state index in [4.69, 9.17) is 5.73 Å². The number of aromatic nitrogens is 4. The van der Waals surface area contributed by atoms with Crippen molar-refractivity contribution in [3.63, 3.8) is 0 Å². The smallest absolute Gasteiger partial charge is 0.201 e. The van der Waals surface area contributed by atoms with Crippen LogP contribution in [-0.4, -0.2) is 20.2 Å². The fourth-order valence-electron chi connectivity index (χ4n) is 2.52. The molecule has 2 aromatic heterocycles. The Kier molecular flexibility index (Phi) is 3.20. The second-order valence-corrected chi connectivity index (χ2v) is 5.38. The van der Waals surface area contributed by atoms with Crippen LogP contribution in [0.4, 0.5) is 11.6 Å². The third-order valence-corrected chi connectivity index (χ3v) is 3.73. The number of H-pyrrole nitrogens is 2. The van der Waals surface area contributed by atoms with Gasteiger partial charge < -0.3 is 16.0 Å². The van der Waals surface area contributed by atoms with E-state index in [1.165, 1.54) is 5.56 Å². The monoisotopic (exact) mass is 304 g/mol. The van der Waals surface area contributed by atoms with Crippen LogP contribution in [0.1, 0.15) is 5.56 Å². The number of anilines is 2. The lowest BCUT2D eigenvalue weighted by molar-refractivity contribution is 1.09. The zero-order valence-corrected chi connectivity index (χ0v) is 12.4. The van der Waals surface area contributed by atoms with Gasteiger partial charge in [0.25, 0.3) is 0 Å². The SMILES string of the molecule is Nc1ccc2nc(NCc3ccc(-c4ccn[nH]4)cc3)[nH]c2c1. The number of imidazole rings is 1. The third kappa shape index (κ3) is 2.74. The first-order valence-electron chi connectivity index (χ1n) is 7.36. The van der Waals surface area contributed by atoms with Crippen molar-refractivity contribution in [2.45, 2.75) is 6.54 Å². The second-order valence-electron chi connectivity index (χ2n) is 5.38. The number of nitrogens with one attached hydrogen (secondary N) is 3. The van der Waals surface area contributed by atoms with Crippen molar-refractivity contribution in [1.29, 1.82) is 0 Å². The zero-order chi connectivity index (χ0) is 15.6. The van der Waals surface area contributed by atoms with Crippen LogP contribution in [0.25, 0.3) is 22.3 Å². The highest BCUT2D eigenvalue weighted by atomic mass is 15.1. The predicted octanol–water partition coefficient (Wildman–Crippen LogP) is 3.15. The van der Waals surface area contributed by atoms with Gasteiger partial charge in [0, 0.05) is 18.4 Å². The van der Waals surface area contributed by atoms with E-state index in [1.54, 1.807) is 6.20 Å². The molecule has 0 radical (unpaired) electrons. The number of hydrogen-bond acceptors (Lipinski definition) is 4. The molecule has 0 fully saturated rings. The Hall–Kier alpha value is -3.28. The Morgan fingerprint density at radius 3 is 2.70 bits per heavy atom. The van der Waals surface area contributed by atoms with Gasteiger partial charge in [-0.25, -0.2) is 4.98 Å². The number of hydrogen-bond donors (Lipinski definition) is 4. The van der Waals surface area contributed by atoms with E-state index >= 15 is 0 Å². The van der Waals surface area contributed by atoms with E-state index in [0.29, 0.717) is 6.54 Å². The number of benzene rings is 2. The molecule has 114 valence electrons. The van der Waals surface area contributed by atoms with Crippen LogP contribution in [0, 0.1) is 0 Å². The first kappa shape index (κ1) is 13.4. The Labute approximate surface area is 132 Å². The molecule has 0 unspecified atom stereocenters. The maximum Gasteiger partial charge on any atom is 0.201 e. The summed E-state index contributed by atoms with van der Waals surface area (Å²) in [5, 5.41) is 10.2. The lowest BCUT2D eigenvalue weighted by Crippen LogP contribution is -2.00. The van der Waals surface area contributed by atoms with Gasteiger partial charge in [0.05, 0.1) is 16.7 Å². The molecule has 2 heterocycles. The predicted molar refractivity (Wildman–Crippen MR) is 91.9 cm³/mol. The number of rotatable bonds is 4. The summed E-state index contributed by atoms with van der Waals surface area (Å²) in [6.45, 7) is 0.693. The van der Waals surface area contributed by atoms with Crippen molar-refractivity contribution in [1.82, 2.24) is 20.2 Å². The number of fused-ring (bicyclic) bond motifs is 1. The van der Waals surface area contributed by atoms with E-state index in [-0.39, 0.29) is 0 Å². The van der Waals surface area contributed by atoms with Crippen molar-refractivity contribution < 1.29 is 0 Å². The summed E-state index contributed by atoms with van der Waals surface area (Å²) < 4.78 is 0. The highest BCUT2D eigenvalue weighted by Gasteiger charge is 2.03. The average molecular weight is 304 g/mol. The van der Waals surface area contributed by atoms with Crippen LogP contribution >= 0.6 is 0 Å². The number of nitrogens with zero attached hydrogens (tertiary/aromatic N) is 2. The summed E-state index contributed by atoms with van der Waals surface area (Å²) in [5.74, 6) is 0.739. The average Bonchev–Trinajstić information content (AvgIpc) is 3.22. The summed E-state index contributed by atoms with van der Waals surface area (Å²) >= 11 is 0. The van der Waals surface area contributed by atoms with E-state index in [0.717, 1.165) is 33.9 Å². The van der Waals surface area contributed by atoms with Crippen molar-refractivity contribution in [2.75, 3.05) is 11.1 Å². The Morgan fingerprint density at radius 1 is 1.04 bits per heavy atom. The summed E-state index contributed by atoms with van der Waals surface area (Å²) in [6, 6.07) is 15.9. The molecule has 6 nitrogen and oxygen atoms in total. The molecule has 4 rings (SSSR count). The minimum atomic E-state index is 0.693. The molecule has 0 bridgehead atoms. The van der Waals surface area contributed by atoms with Gasteiger partial charge in [-0.1, -0.05) is 24.3 Å². The van der Waals surface area contributed by atoms with E-state index in [2.05, 4.69) is 49.7 Å². The fourth-order valence-corrected chi connectivity index (χ4v) is 2.52. The second kappa shape index (κ2) is 5.49. The van der Waals surface area contributed by atoms with E-state index in [1.807, 2.05) is 24.3 Å².